The normalized spacial score (nSPS) is 36.0. The van der Waals surface area contributed by atoms with E-state index in [0.29, 0.717) is 12.2 Å². The van der Waals surface area contributed by atoms with Crippen LogP contribution in [-0.4, -0.2) is 39.0 Å². The minimum Gasteiger partial charge on any atom is -0.387 e. The quantitative estimate of drug-likeness (QED) is 0.606. The second kappa shape index (κ2) is 3.90. The first-order valence-electron chi connectivity index (χ1n) is 4.78. The summed E-state index contributed by atoms with van der Waals surface area (Å²) in [6, 6.07) is 1.64. The number of ether oxygens (including phenoxy) is 1. The molecule has 0 aromatic carbocycles. The van der Waals surface area contributed by atoms with Crippen molar-refractivity contribution in [1.29, 1.82) is 0 Å². The van der Waals surface area contributed by atoms with Crippen molar-refractivity contribution >= 4 is 0 Å². The van der Waals surface area contributed by atoms with Gasteiger partial charge in [0.2, 0.25) is 0 Å². The van der Waals surface area contributed by atoms with Crippen molar-refractivity contribution in [3.8, 4) is 0 Å². The van der Waals surface area contributed by atoms with Gasteiger partial charge in [0.15, 0.2) is 12.1 Å². The van der Waals surface area contributed by atoms with Crippen molar-refractivity contribution in [3.05, 3.63) is 17.5 Å². The van der Waals surface area contributed by atoms with E-state index in [0.717, 1.165) is 5.69 Å². The number of rotatable bonds is 2. The molecule has 1 fully saturated rings. The Morgan fingerprint density at radius 1 is 1.33 bits per heavy atom. The molecule has 6 nitrogen and oxygen atoms in total. The zero-order valence-electron chi connectivity index (χ0n) is 8.20. The number of aryl methyl sites for hydroxylation is 1. The first-order chi connectivity index (χ1) is 7.13. The van der Waals surface area contributed by atoms with Crippen LogP contribution in [0.4, 0.5) is 0 Å². The second-order valence-electron chi connectivity index (χ2n) is 3.50. The Labute approximate surface area is 86.1 Å². The van der Waals surface area contributed by atoms with Crippen LogP contribution in [0.15, 0.2) is 10.6 Å². The summed E-state index contributed by atoms with van der Waals surface area (Å²) >= 11 is 0. The lowest BCUT2D eigenvalue weighted by Crippen LogP contribution is -2.29. The summed E-state index contributed by atoms with van der Waals surface area (Å²) in [6.45, 7) is 1.91. The smallest absolute Gasteiger partial charge is 0.184 e. The summed E-state index contributed by atoms with van der Waals surface area (Å²) in [6.07, 6.45) is -4.05. The lowest BCUT2D eigenvalue weighted by molar-refractivity contribution is -0.131. The maximum absolute atomic E-state index is 9.54. The Balaban J connectivity index is 2.17. The van der Waals surface area contributed by atoms with Crippen LogP contribution >= 0.6 is 0 Å². The summed E-state index contributed by atoms with van der Waals surface area (Å²) in [5, 5.41) is 31.7. The van der Waals surface area contributed by atoms with Gasteiger partial charge < -0.3 is 24.6 Å². The molecule has 3 N–H and O–H groups in total. The SMILES string of the molecule is CCc1cc([C@H]2O[C@@H](O)[C@H](O)[C@@H]2O)on1. The van der Waals surface area contributed by atoms with Gasteiger partial charge in [-0.05, 0) is 6.42 Å². The number of hydrogen-bond acceptors (Lipinski definition) is 6. The number of nitrogens with zero attached hydrogens (tertiary/aromatic N) is 1. The van der Waals surface area contributed by atoms with Crippen molar-refractivity contribution in [2.75, 3.05) is 0 Å². The van der Waals surface area contributed by atoms with Crippen LogP contribution in [0.1, 0.15) is 24.5 Å². The summed E-state index contributed by atoms with van der Waals surface area (Å²) in [7, 11) is 0. The van der Waals surface area contributed by atoms with E-state index in [9.17, 15) is 10.2 Å². The Hall–Kier alpha value is -0.950. The summed E-state index contributed by atoms with van der Waals surface area (Å²) < 4.78 is 9.90. The molecule has 0 aliphatic carbocycles. The van der Waals surface area contributed by atoms with Gasteiger partial charge in [0.25, 0.3) is 0 Å². The highest BCUT2D eigenvalue weighted by Gasteiger charge is 2.44. The lowest BCUT2D eigenvalue weighted by Gasteiger charge is -2.09. The number of aliphatic hydroxyl groups is 3. The third-order valence-electron chi connectivity index (χ3n) is 2.46. The topological polar surface area (TPSA) is 96.0 Å². The Bertz CT molecular complexity index is 339. The summed E-state index contributed by atoms with van der Waals surface area (Å²) in [5.41, 5.74) is 0.733. The molecular formula is C9H13NO5. The summed E-state index contributed by atoms with van der Waals surface area (Å²) in [5.74, 6) is 0.315. The highest BCUT2D eigenvalue weighted by Crippen LogP contribution is 2.32. The minimum absolute atomic E-state index is 0.315. The molecule has 1 aromatic rings. The van der Waals surface area contributed by atoms with Crippen LogP contribution in [0.3, 0.4) is 0 Å². The third kappa shape index (κ3) is 1.76. The Morgan fingerprint density at radius 3 is 2.53 bits per heavy atom. The standard InChI is InChI=1S/C9H13NO5/c1-2-4-3-5(15-10-4)8-6(11)7(12)9(13)14-8/h3,6-9,11-13H,2H2,1H3/t6-,7+,8+,9+/m0/s1. The molecule has 0 radical (unpaired) electrons. The van der Waals surface area contributed by atoms with Crippen molar-refractivity contribution in [3.63, 3.8) is 0 Å². The molecular weight excluding hydrogens is 202 g/mol. The molecule has 0 amide bonds. The zero-order valence-corrected chi connectivity index (χ0v) is 8.20. The van der Waals surface area contributed by atoms with Crippen LogP contribution in [0, 0.1) is 0 Å². The fourth-order valence-electron chi connectivity index (χ4n) is 1.52. The molecule has 2 rings (SSSR count). The third-order valence-corrected chi connectivity index (χ3v) is 2.46. The van der Waals surface area contributed by atoms with E-state index < -0.39 is 24.6 Å². The van der Waals surface area contributed by atoms with E-state index in [4.69, 9.17) is 14.4 Å². The fraction of sp³-hybridized carbons (Fsp3) is 0.667. The van der Waals surface area contributed by atoms with Gasteiger partial charge in [-0.1, -0.05) is 12.1 Å². The molecule has 1 aliphatic heterocycles. The van der Waals surface area contributed by atoms with E-state index in [1.54, 1.807) is 6.07 Å². The number of hydrogen-bond donors (Lipinski definition) is 3. The van der Waals surface area contributed by atoms with E-state index in [2.05, 4.69) is 5.16 Å². The molecule has 4 atom stereocenters. The van der Waals surface area contributed by atoms with Gasteiger partial charge in [0.05, 0.1) is 5.69 Å². The van der Waals surface area contributed by atoms with E-state index >= 15 is 0 Å². The lowest BCUT2D eigenvalue weighted by atomic mass is 10.1. The van der Waals surface area contributed by atoms with E-state index in [1.165, 1.54) is 0 Å². The zero-order chi connectivity index (χ0) is 11.0. The number of aliphatic hydroxyl groups excluding tert-OH is 3. The highest BCUT2D eigenvalue weighted by molar-refractivity contribution is 5.11. The highest BCUT2D eigenvalue weighted by atomic mass is 16.6. The molecule has 0 spiro atoms. The van der Waals surface area contributed by atoms with Crippen LogP contribution in [-0.2, 0) is 11.2 Å². The molecule has 0 unspecified atom stereocenters. The van der Waals surface area contributed by atoms with Crippen molar-refractivity contribution in [1.82, 2.24) is 5.16 Å². The molecule has 15 heavy (non-hydrogen) atoms. The molecule has 1 aliphatic rings. The van der Waals surface area contributed by atoms with Gasteiger partial charge in [-0.3, -0.25) is 0 Å². The molecule has 0 bridgehead atoms. The van der Waals surface area contributed by atoms with E-state index in [-0.39, 0.29) is 0 Å². The Kier molecular flexibility index (Phi) is 2.74. The van der Waals surface area contributed by atoms with Crippen LogP contribution < -0.4 is 0 Å². The fourth-order valence-corrected chi connectivity index (χ4v) is 1.52. The van der Waals surface area contributed by atoms with Gasteiger partial charge in [-0.15, -0.1) is 0 Å². The average Bonchev–Trinajstić information content (AvgIpc) is 2.79. The van der Waals surface area contributed by atoms with Crippen LogP contribution in [0.5, 0.6) is 0 Å². The first kappa shape index (κ1) is 10.6. The second-order valence-corrected chi connectivity index (χ2v) is 3.50. The van der Waals surface area contributed by atoms with Crippen molar-refractivity contribution in [2.45, 2.75) is 37.9 Å². The summed E-state index contributed by atoms with van der Waals surface area (Å²) in [4.78, 5) is 0. The molecule has 6 heteroatoms. The van der Waals surface area contributed by atoms with Crippen molar-refractivity contribution in [2.24, 2.45) is 0 Å². The monoisotopic (exact) mass is 215 g/mol. The predicted molar refractivity (Wildman–Crippen MR) is 47.7 cm³/mol. The molecule has 0 saturated carbocycles. The van der Waals surface area contributed by atoms with Crippen molar-refractivity contribution < 1.29 is 24.6 Å². The minimum atomic E-state index is -1.39. The molecule has 1 aromatic heterocycles. The predicted octanol–water partition coefficient (Wildman–Crippen LogP) is -0.651. The molecule has 84 valence electrons. The average molecular weight is 215 g/mol. The maximum Gasteiger partial charge on any atom is 0.184 e. The first-order valence-corrected chi connectivity index (χ1v) is 4.78. The molecule has 2 heterocycles. The molecule has 1 saturated heterocycles. The largest absolute Gasteiger partial charge is 0.387 e. The van der Waals surface area contributed by atoms with Crippen LogP contribution in [0.2, 0.25) is 0 Å². The Morgan fingerprint density at radius 2 is 2.07 bits per heavy atom. The number of aromatic nitrogens is 1. The van der Waals surface area contributed by atoms with Crippen LogP contribution in [0.25, 0.3) is 0 Å². The van der Waals surface area contributed by atoms with Gasteiger partial charge in [0, 0.05) is 6.07 Å². The van der Waals surface area contributed by atoms with Gasteiger partial charge in [0.1, 0.15) is 18.3 Å². The van der Waals surface area contributed by atoms with E-state index in [1.807, 2.05) is 6.92 Å². The van der Waals surface area contributed by atoms with Gasteiger partial charge in [-0.2, -0.15) is 0 Å². The van der Waals surface area contributed by atoms with Gasteiger partial charge in [-0.25, -0.2) is 0 Å². The van der Waals surface area contributed by atoms with Gasteiger partial charge >= 0.3 is 0 Å². The maximum atomic E-state index is 9.54.